The second kappa shape index (κ2) is 7.01. The molecular weight excluding hydrogens is 246 g/mol. The van der Waals surface area contributed by atoms with Gasteiger partial charge in [0.15, 0.2) is 0 Å². The lowest BCUT2D eigenvalue weighted by Crippen LogP contribution is -2.32. The highest BCUT2D eigenvalue weighted by Gasteiger charge is 2.08. The van der Waals surface area contributed by atoms with Gasteiger partial charge in [-0.15, -0.1) is 0 Å². The minimum Gasteiger partial charge on any atom is -0.383 e. The van der Waals surface area contributed by atoms with E-state index in [2.05, 4.69) is 0 Å². The molecule has 1 aromatic rings. The summed E-state index contributed by atoms with van der Waals surface area (Å²) in [6.07, 6.45) is 0. The standard InChI is InChI=1S/C11H16ClNO2S/c1-15-6-11(13)8-16(14)7-9-2-4-10(12)5-3-9/h2-5,11H,6-8,13H2,1H3. The lowest BCUT2D eigenvalue weighted by molar-refractivity contribution is 0.186. The lowest BCUT2D eigenvalue weighted by Gasteiger charge is -2.09. The second-order valence-corrected chi connectivity index (χ2v) is 5.53. The third-order valence-corrected chi connectivity index (χ3v) is 3.73. The van der Waals surface area contributed by atoms with Crippen LogP contribution in [0.15, 0.2) is 24.3 Å². The zero-order valence-corrected chi connectivity index (χ0v) is 10.8. The number of ether oxygens (including phenoxy) is 1. The molecule has 2 unspecified atom stereocenters. The first kappa shape index (κ1) is 13.6. The van der Waals surface area contributed by atoms with E-state index in [-0.39, 0.29) is 6.04 Å². The predicted octanol–water partition coefficient (Wildman–Crippen LogP) is 1.56. The van der Waals surface area contributed by atoms with Crippen LogP contribution in [0.5, 0.6) is 0 Å². The zero-order valence-electron chi connectivity index (χ0n) is 9.19. The van der Waals surface area contributed by atoms with Gasteiger partial charge in [-0.25, -0.2) is 0 Å². The number of methoxy groups -OCH3 is 1. The van der Waals surface area contributed by atoms with E-state index in [1.54, 1.807) is 19.2 Å². The monoisotopic (exact) mass is 261 g/mol. The third-order valence-electron chi connectivity index (χ3n) is 2.02. The molecule has 0 saturated carbocycles. The fourth-order valence-corrected chi connectivity index (χ4v) is 2.71. The molecule has 0 aliphatic carbocycles. The first-order valence-electron chi connectivity index (χ1n) is 4.95. The highest BCUT2D eigenvalue weighted by Crippen LogP contribution is 2.11. The van der Waals surface area contributed by atoms with Gasteiger partial charge in [0.25, 0.3) is 0 Å². The van der Waals surface area contributed by atoms with Gasteiger partial charge in [-0.1, -0.05) is 23.7 Å². The molecule has 0 amide bonds. The Hall–Kier alpha value is -0.420. The van der Waals surface area contributed by atoms with Crippen LogP contribution in [0.3, 0.4) is 0 Å². The van der Waals surface area contributed by atoms with Crippen molar-refractivity contribution in [1.29, 1.82) is 0 Å². The molecule has 0 heterocycles. The van der Waals surface area contributed by atoms with Gasteiger partial charge < -0.3 is 10.5 Å². The molecule has 0 fully saturated rings. The highest BCUT2D eigenvalue weighted by atomic mass is 35.5. The van der Waals surface area contributed by atoms with Gasteiger partial charge >= 0.3 is 0 Å². The SMILES string of the molecule is COCC(N)CS(=O)Cc1ccc(Cl)cc1. The summed E-state index contributed by atoms with van der Waals surface area (Å²) in [5.74, 6) is 0.963. The van der Waals surface area contributed by atoms with Gasteiger partial charge in [0.05, 0.1) is 6.61 Å². The van der Waals surface area contributed by atoms with Crippen molar-refractivity contribution in [2.75, 3.05) is 19.5 Å². The molecule has 0 saturated heterocycles. The Labute approximate surface area is 103 Å². The third kappa shape index (κ3) is 5.07. The smallest absolute Gasteiger partial charge is 0.0622 e. The molecule has 1 rings (SSSR count). The molecule has 0 spiro atoms. The van der Waals surface area contributed by atoms with Crippen LogP contribution < -0.4 is 5.73 Å². The molecule has 2 N–H and O–H groups in total. The quantitative estimate of drug-likeness (QED) is 0.846. The summed E-state index contributed by atoms with van der Waals surface area (Å²) in [5.41, 5.74) is 6.73. The molecule has 0 aliphatic rings. The number of rotatable bonds is 6. The van der Waals surface area contributed by atoms with Crippen LogP contribution in [-0.2, 0) is 21.3 Å². The Morgan fingerprint density at radius 1 is 1.44 bits per heavy atom. The van der Waals surface area contributed by atoms with Crippen molar-refractivity contribution in [2.24, 2.45) is 5.73 Å². The van der Waals surface area contributed by atoms with E-state index in [0.717, 1.165) is 5.56 Å². The van der Waals surface area contributed by atoms with Gasteiger partial charge in [0, 0.05) is 40.5 Å². The van der Waals surface area contributed by atoms with Crippen LogP contribution in [0.25, 0.3) is 0 Å². The average molecular weight is 262 g/mol. The molecule has 2 atom stereocenters. The Morgan fingerprint density at radius 3 is 2.62 bits per heavy atom. The maximum absolute atomic E-state index is 11.7. The van der Waals surface area contributed by atoms with Crippen LogP contribution in [0.2, 0.25) is 5.02 Å². The fourth-order valence-electron chi connectivity index (χ4n) is 1.33. The van der Waals surface area contributed by atoms with Crippen molar-refractivity contribution in [3.05, 3.63) is 34.9 Å². The van der Waals surface area contributed by atoms with Crippen LogP contribution in [0.1, 0.15) is 5.56 Å². The van der Waals surface area contributed by atoms with E-state index in [1.165, 1.54) is 0 Å². The topological polar surface area (TPSA) is 52.3 Å². The minimum atomic E-state index is -0.957. The molecule has 16 heavy (non-hydrogen) atoms. The van der Waals surface area contributed by atoms with Crippen molar-refractivity contribution in [3.63, 3.8) is 0 Å². The van der Waals surface area contributed by atoms with E-state index >= 15 is 0 Å². The number of hydrogen-bond acceptors (Lipinski definition) is 3. The first-order chi connectivity index (χ1) is 7.61. The molecule has 0 aromatic heterocycles. The Morgan fingerprint density at radius 2 is 2.06 bits per heavy atom. The first-order valence-corrected chi connectivity index (χ1v) is 6.82. The van der Waals surface area contributed by atoms with Gasteiger partial charge in [-0.2, -0.15) is 0 Å². The van der Waals surface area contributed by atoms with E-state index < -0.39 is 10.8 Å². The maximum Gasteiger partial charge on any atom is 0.0622 e. The van der Waals surface area contributed by atoms with E-state index in [9.17, 15) is 4.21 Å². The van der Waals surface area contributed by atoms with Crippen molar-refractivity contribution in [1.82, 2.24) is 0 Å². The van der Waals surface area contributed by atoms with Gasteiger partial charge in [0.1, 0.15) is 0 Å². The van der Waals surface area contributed by atoms with Crippen LogP contribution in [0, 0.1) is 0 Å². The Bertz CT molecular complexity index is 342. The molecule has 0 bridgehead atoms. The summed E-state index contributed by atoms with van der Waals surface area (Å²) in [5, 5.41) is 0.686. The predicted molar refractivity (Wildman–Crippen MR) is 68.0 cm³/mol. The largest absolute Gasteiger partial charge is 0.383 e. The number of nitrogens with two attached hydrogens (primary N) is 1. The second-order valence-electron chi connectivity index (χ2n) is 3.59. The van der Waals surface area contributed by atoms with E-state index in [4.69, 9.17) is 22.1 Å². The summed E-state index contributed by atoms with van der Waals surface area (Å²) >= 11 is 5.76. The molecule has 3 nitrogen and oxygen atoms in total. The summed E-state index contributed by atoms with van der Waals surface area (Å²) in [6.45, 7) is 0.437. The average Bonchev–Trinajstić information content (AvgIpc) is 2.21. The molecule has 90 valence electrons. The van der Waals surface area contributed by atoms with Crippen molar-refractivity contribution in [2.45, 2.75) is 11.8 Å². The van der Waals surface area contributed by atoms with E-state index in [1.807, 2.05) is 12.1 Å². The summed E-state index contributed by atoms with van der Waals surface area (Å²) in [6, 6.07) is 7.18. The molecule has 0 radical (unpaired) electrons. The zero-order chi connectivity index (χ0) is 12.0. The van der Waals surface area contributed by atoms with Crippen LogP contribution in [-0.4, -0.2) is 29.7 Å². The van der Waals surface area contributed by atoms with Gasteiger partial charge in [-0.3, -0.25) is 4.21 Å². The normalized spacial score (nSPS) is 14.7. The summed E-state index contributed by atoms with van der Waals surface area (Å²) < 4.78 is 16.6. The fraction of sp³-hybridized carbons (Fsp3) is 0.455. The van der Waals surface area contributed by atoms with Crippen molar-refractivity contribution >= 4 is 22.4 Å². The van der Waals surface area contributed by atoms with Crippen molar-refractivity contribution < 1.29 is 8.95 Å². The number of halogens is 1. The molecule has 0 aliphatic heterocycles. The summed E-state index contributed by atoms with van der Waals surface area (Å²) in [7, 11) is 0.628. The Kier molecular flexibility index (Phi) is 5.98. The highest BCUT2D eigenvalue weighted by molar-refractivity contribution is 7.84. The van der Waals surface area contributed by atoms with E-state index in [0.29, 0.717) is 23.1 Å². The van der Waals surface area contributed by atoms with Crippen LogP contribution in [0.4, 0.5) is 0 Å². The Balaban J connectivity index is 2.42. The lowest BCUT2D eigenvalue weighted by atomic mass is 10.2. The number of hydrogen-bond donors (Lipinski definition) is 1. The van der Waals surface area contributed by atoms with Crippen molar-refractivity contribution in [3.8, 4) is 0 Å². The maximum atomic E-state index is 11.7. The molecule has 1 aromatic carbocycles. The minimum absolute atomic E-state index is 0.168. The number of benzene rings is 1. The van der Waals surface area contributed by atoms with Crippen LogP contribution >= 0.6 is 11.6 Å². The van der Waals surface area contributed by atoms with Gasteiger partial charge in [0.2, 0.25) is 0 Å². The molecule has 5 heteroatoms. The van der Waals surface area contributed by atoms with Gasteiger partial charge in [-0.05, 0) is 17.7 Å². The molecular formula is C11H16ClNO2S. The summed E-state index contributed by atoms with van der Waals surface area (Å²) in [4.78, 5) is 0.